The topological polar surface area (TPSA) is 29.3 Å². The maximum atomic E-state index is 5.54. The Hall–Kier alpha value is -0.0800. The van der Waals surface area contributed by atoms with Gasteiger partial charge >= 0.3 is 0 Å². The molecule has 1 saturated heterocycles. The van der Waals surface area contributed by atoms with Crippen LogP contribution in [0.3, 0.4) is 0 Å². The first kappa shape index (κ1) is 11.0. The van der Waals surface area contributed by atoms with E-state index in [4.69, 9.17) is 5.73 Å². The fourth-order valence-electron chi connectivity index (χ4n) is 2.21. The minimum atomic E-state index is 0.495. The molecule has 0 aliphatic carbocycles. The summed E-state index contributed by atoms with van der Waals surface area (Å²) in [7, 11) is 0. The lowest BCUT2D eigenvalue weighted by Crippen LogP contribution is -2.40. The van der Waals surface area contributed by atoms with Gasteiger partial charge in [0.05, 0.1) is 0 Å². The van der Waals surface area contributed by atoms with E-state index in [0.29, 0.717) is 5.41 Å². The molecule has 0 spiro atoms. The Kier molecular flexibility index (Phi) is 3.74. The van der Waals surface area contributed by atoms with Gasteiger partial charge in [-0.3, -0.25) is 0 Å². The number of likely N-dealkylation sites (tertiary alicyclic amines) is 1. The third kappa shape index (κ3) is 3.28. The van der Waals surface area contributed by atoms with Crippen LogP contribution in [0.2, 0.25) is 0 Å². The first-order valence-corrected chi connectivity index (χ1v) is 5.46. The Morgan fingerprint density at radius 3 is 2.15 bits per heavy atom. The van der Waals surface area contributed by atoms with Gasteiger partial charge in [-0.2, -0.15) is 0 Å². The molecule has 1 rings (SSSR count). The normalized spacial score (nSPS) is 22.2. The maximum absolute atomic E-state index is 5.54. The Balaban J connectivity index is 2.30. The Morgan fingerprint density at radius 1 is 1.23 bits per heavy atom. The van der Waals surface area contributed by atoms with E-state index in [0.717, 1.165) is 19.0 Å². The first-order valence-electron chi connectivity index (χ1n) is 5.46. The summed E-state index contributed by atoms with van der Waals surface area (Å²) in [5.74, 6) is 0.904. The summed E-state index contributed by atoms with van der Waals surface area (Å²) >= 11 is 0. The largest absolute Gasteiger partial charge is 0.329 e. The van der Waals surface area contributed by atoms with Crippen LogP contribution >= 0.6 is 0 Å². The van der Waals surface area contributed by atoms with E-state index in [1.807, 2.05) is 0 Å². The average molecular weight is 184 g/mol. The van der Waals surface area contributed by atoms with Crippen molar-refractivity contribution in [2.75, 3.05) is 26.2 Å². The predicted molar refractivity (Wildman–Crippen MR) is 57.7 cm³/mol. The second-order valence-electron chi connectivity index (χ2n) is 5.27. The summed E-state index contributed by atoms with van der Waals surface area (Å²) in [6.07, 6.45) is 2.70. The Bertz CT molecular complexity index is 141. The maximum Gasteiger partial charge on any atom is 0.0105 e. The summed E-state index contributed by atoms with van der Waals surface area (Å²) < 4.78 is 0. The van der Waals surface area contributed by atoms with E-state index < -0.39 is 0 Å². The molecular weight excluding hydrogens is 160 g/mol. The molecule has 2 N–H and O–H groups in total. The Labute approximate surface area is 82.5 Å². The second kappa shape index (κ2) is 4.43. The molecule has 13 heavy (non-hydrogen) atoms. The number of piperidine rings is 1. The zero-order valence-electron chi connectivity index (χ0n) is 9.34. The smallest absolute Gasteiger partial charge is 0.0105 e. The van der Waals surface area contributed by atoms with Gasteiger partial charge in [0, 0.05) is 13.1 Å². The van der Waals surface area contributed by atoms with Crippen LogP contribution < -0.4 is 5.73 Å². The molecule has 0 saturated carbocycles. The van der Waals surface area contributed by atoms with Gasteiger partial charge in [0.1, 0.15) is 0 Å². The van der Waals surface area contributed by atoms with Gasteiger partial charge < -0.3 is 10.6 Å². The molecule has 78 valence electrons. The van der Waals surface area contributed by atoms with Crippen LogP contribution in [0.25, 0.3) is 0 Å². The highest BCUT2D eigenvalue weighted by atomic mass is 15.1. The van der Waals surface area contributed by atoms with Crippen molar-refractivity contribution < 1.29 is 0 Å². The molecule has 0 unspecified atom stereocenters. The number of nitrogens with two attached hydrogens (primary N) is 1. The van der Waals surface area contributed by atoms with Gasteiger partial charge in [0.15, 0.2) is 0 Å². The molecule has 2 nitrogen and oxygen atoms in total. The molecule has 0 bridgehead atoms. The molecule has 1 heterocycles. The zero-order valence-corrected chi connectivity index (χ0v) is 9.34. The molecular formula is C11H24N2. The van der Waals surface area contributed by atoms with Crippen LogP contribution in [0.1, 0.15) is 33.6 Å². The number of nitrogens with zero attached hydrogens (tertiary/aromatic N) is 1. The van der Waals surface area contributed by atoms with Crippen molar-refractivity contribution in [2.45, 2.75) is 33.6 Å². The lowest BCUT2D eigenvalue weighted by atomic mass is 9.75. The van der Waals surface area contributed by atoms with Crippen molar-refractivity contribution in [3.05, 3.63) is 0 Å². The highest BCUT2D eigenvalue weighted by molar-refractivity contribution is 4.80. The molecule has 1 aliphatic rings. The standard InChI is InChI=1S/C11H24N2/c1-11(2,3)10-4-7-13(8-5-10)9-6-12/h10H,4-9,12H2,1-3H3. The van der Waals surface area contributed by atoms with Crippen molar-refractivity contribution in [1.29, 1.82) is 0 Å². The van der Waals surface area contributed by atoms with Crippen LogP contribution in [-0.4, -0.2) is 31.1 Å². The number of rotatable bonds is 2. The fraction of sp³-hybridized carbons (Fsp3) is 1.00. The lowest BCUT2D eigenvalue weighted by Gasteiger charge is -2.38. The highest BCUT2D eigenvalue weighted by Gasteiger charge is 2.28. The summed E-state index contributed by atoms with van der Waals surface area (Å²) in [4.78, 5) is 2.49. The van der Waals surface area contributed by atoms with Crippen molar-refractivity contribution >= 4 is 0 Å². The quantitative estimate of drug-likeness (QED) is 0.708. The molecule has 0 atom stereocenters. The molecule has 1 aliphatic heterocycles. The number of hydrogen-bond donors (Lipinski definition) is 1. The molecule has 0 aromatic heterocycles. The van der Waals surface area contributed by atoms with Crippen LogP contribution in [0.15, 0.2) is 0 Å². The monoisotopic (exact) mass is 184 g/mol. The van der Waals surface area contributed by atoms with Crippen molar-refractivity contribution in [3.63, 3.8) is 0 Å². The molecule has 0 aromatic rings. The van der Waals surface area contributed by atoms with E-state index in [1.54, 1.807) is 0 Å². The van der Waals surface area contributed by atoms with Gasteiger partial charge in [-0.15, -0.1) is 0 Å². The molecule has 0 amide bonds. The van der Waals surface area contributed by atoms with Crippen molar-refractivity contribution in [3.8, 4) is 0 Å². The van der Waals surface area contributed by atoms with Gasteiger partial charge in [0.25, 0.3) is 0 Å². The van der Waals surface area contributed by atoms with Crippen molar-refractivity contribution in [2.24, 2.45) is 17.1 Å². The summed E-state index contributed by atoms with van der Waals surface area (Å²) in [6.45, 7) is 11.5. The second-order valence-corrected chi connectivity index (χ2v) is 5.27. The van der Waals surface area contributed by atoms with E-state index >= 15 is 0 Å². The van der Waals surface area contributed by atoms with Crippen LogP contribution in [-0.2, 0) is 0 Å². The Morgan fingerprint density at radius 2 is 1.77 bits per heavy atom. The zero-order chi connectivity index (χ0) is 9.90. The van der Waals surface area contributed by atoms with E-state index in [-0.39, 0.29) is 0 Å². The fourth-order valence-corrected chi connectivity index (χ4v) is 2.21. The minimum Gasteiger partial charge on any atom is -0.329 e. The van der Waals surface area contributed by atoms with Gasteiger partial charge in [-0.25, -0.2) is 0 Å². The van der Waals surface area contributed by atoms with E-state index in [2.05, 4.69) is 25.7 Å². The molecule has 0 radical (unpaired) electrons. The highest BCUT2D eigenvalue weighted by Crippen LogP contribution is 2.33. The van der Waals surface area contributed by atoms with Gasteiger partial charge in [-0.1, -0.05) is 20.8 Å². The molecule has 0 aromatic carbocycles. The van der Waals surface area contributed by atoms with Gasteiger partial charge in [-0.05, 0) is 37.3 Å². The summed E-state index contributed by atoms with van der Waals surface area (Å²) in [5.41, 5.74) is 6.03. The van der Waals surface area contributed by atoms with Crippen molar-refractivity contribution in [1.82, 2.24) is 4.90 Å². The predicted octanol–water partition coefficient (Wildman–Crippen LogP) is 1.70. The molecule has 1 fully saturated rings. The third-order valence-electron chi connectivity index (χ3n) is 3.26. The van der Waals surface area contributed by atoms with E-state index in [1.165, 1.54) is 25.9 Å². The SMILES string of the molecule is CC(C)(C)C1CCN(CCN)CC1. The summed E-state index contributed by atoms with van der Waals surface area (Å²) in [6, 6.07) is 0. The lowest BCUT2D eigenvalue weighted by molar-refractivity contribution is 0.114. The molecule has 2 heteroatoms. The first-order chi connectivity index (χ1) is 6.04. The van der Waals surface area contributed by atoms with Gasteiger partial charge in [0.2, 0.25) is 0 Å². The van der Waals surface area contributed by atoms with Crippen LogP contribution in [0, 0.1) is 11.3 Å². The van der Waals surface area contributed by atoms with Crippen LogP contribution in [0.5, 0.6) is 0 Å². The number of hydrogen-bond acceptors (Lipinski definition) is 2. The minimum absolute atomic E-state index is 0.495. The third-order valence-corrected chi connectivity index (χ3v) is 3.26. The summed E-state index contributed by atoms with van der Waals surface area (Å²) in [5, 5.41) is 0. The van der Waals surface area contributed by atoms with Crippen LogP contribution in [0.4, 0.5) is 0 Å². The van der Waals surface area contributed by atoms with E-state index in [9.17, 15) is 0 Å². The average Bonchev–Trinajstić information content (AvgIpc) is 2.04.